The first-order chi connectivity index (χ1) is 9.94. The molecule has 0 heterocycles. The van der Waals surface area contributed by atoms with Crippen LogP contribution in [0.2, 0.25) is 0 Å². The molecule has 0 aliphatic rings. The zero-order valence-electron chi connectivity index (χ0n) is 12.4. The van der Waals surface area contributed by atoms with Crippen molar-refractivity contribution in [3.05, 3.63) is 65.2 Å². The van der Waals surface area contributed by atoms with Crippen LogP contribution in [0.5, 0.6) is 0 Å². The third kappa shape index (κ3) is 3.57. The Hall–Kier alpha value is -1.96. The Morgan fingerprint density at radius 3 is 1.95 bits per heavy atom. The van der Waals surface area contributed by atoms with Gasteiger partial charge >= 0.3 is 0 Å². The van der Waals surface area contributed by atoms with Gasteiger partial charge < -0.3 is 0 Å². The highest BCUT2D eigenvalue weighted by Gasteiger charge is 2.28. The topological polar surface area (TPSA) is 52.9 Å². The molecule has 0 saturated heterocycles. The number of nitriles is 1. The normalized spacial score (nSPS) is 15.0. The number of hydrogen-bond acceptors (Lipinski definition) is 2. The number of nitrogens with zero attached hydrogens (tertiary/aromatic N) is 1. The molecule has 0 aliphatic carbocycles. The van der Waals surface area contributed by atoms with E-state index in [0.717, 1.165) is 16.7 Å². The summed E-state index contributed by atoms with van der Waals surface area (Å²) in [7, 11) is -1.44. The molecule has 2 aromatic rings. The average Bonchev–Trinajstić information content (AvgIpc) is 2.48. The van der Waals surface area contributed by atoms with E-state index in [9.17, 15) is 9.47 Å². The summed E-state index contributed by atoms with van der Waals surface area (Å²) in [5.41, 5.74) is 2.04. The summed E-state index contributed by atoms with van der Waals surface area (Å²) in [5.74, 6) is 0. The van der Waals surface area contributed by atoms with Gasteiger partial charge in [0, 0.05) is 0 Å². The smallest absolute Gasteiger partial charge is 0.140 e. The molecule has 0 aromatic heterocycles. The van der Waals surface area contributed by atoms with Gasteiger partial charge in [-0.15, -0.1) is 0 Å². The van der Waals surface area contributed by atoms with Crippen molar-refractivity contribution in [2.45, 2.75) is 31.2 Å². The van der Waals surface area contributed by atoms with E-state index < -0.39 is 16.5 Å². The van der Waals surface area contributed by atoms with Crippen molar-refractivity contribution in [2.75, 3.05) is 0 Å². The lowest BCUT2D eigenvalue weighted by Crippen LogP contribution is -2.39. The lowest BCUT2D eigenvalue weighted by molar-refractivity contribution is 0.569. The summed E-state index contributed by atoms with van der Waals surface area (Å²) in [6.07, 6.45) is 0. The average molecular weight is 298 g/mol. The summed E-state index contributed by atoms with van der Waals surface area (Å²) in [6.45, 7) is 5.71. The first-order valence-corrected chi connectivity index (χ1v) is 7.84. The second-order valence-corrected chi connectivity index (χ2v) is 6.50. The van der Waals surface area contributed by atoms with Gasteiger partial charge in [0.1, 0.15) is 16.5 Å². The fraction of sp³-hybridized carbons (Fsp3) is 0.235. The maximum absolute atomic E-state index is 12.4. The molecule has 4 heteroatoms. The van der Waals surface area contributed by atoms with E-state index in [1.54, 1.807) is 6.92 Å². The molecule has 0 spiro atoms. The summed E-state index contributed by atoms with van der Waals surface area (Å²) in [6, 6.07) is 17.3. The van der Waals surface area contributed by atoms with Gasteiger partial charge in [0.25, 0.3) is 0 Å². The quantitative estimate of drug-likeness (QED) is 0.941. The number of aryl methyl sites for hydroxylation is 2. The molecule has 2 aromatic carbocycles. The summed E-state index contributed by atoms with van der Waals surface area (Å²) in [4.78, 5) is 0.661. The minimum absolute atomic E-state index is 0.661. The lowest BCUT2D eigenvalue weighted by Gasteiger charge is -2.23. The second-order valence-electron chi connectivity index (χ2n) is 5.29. The largest absolute Gasteiger partial charge is 0.237 e. The van der Waals surface area contributed by atoms with E-state index in [1.165, 1.54) is 0 Å². The Morgan fingerprint density at radius 1 is 1.00 bits per heavy atom. The molecular weight excluding hydrogens is 280 g/mol. The molecule has 3 nitrogen and oxygen atoms in total. The molecule has 0 amide bonds. The van der Waals surface area contributed by atoms with Gasteiger partial charge in [-0.2, -0.15) is 5.26 Å². The molecule has 0 saturated carbocycles. The number of hydrogen-bond donors (Lipinski definition) is 1. The van der Waals surface area contributed by atoms with Crippen molar-refractivity contribution in [2.24, 2.45) is 0 Å². The van der Waals surface area contributed by atoms with Crippen LogP contribution in [0.1, 0.15) is 23.6 Å². The highest BCUT2D eigenvalue weighted by molar-refractivity contribution is 7.83. The van der Waals surface area contributed by atoms with Crippen LogP contribution in [0.25, 0.3) is 0 Å². The molecule has 0 radical (unpaired) electrons. The van der Waals surface area contributed by atoms with E-state index >= 15 is 0 Å². The number of nitrogens with one attached hydrogen (secondary N) is 1. The molecule has 1 N–H and O–H groups in total. The van der Waals surface area contributed by atoms with Crippen molar-refractivity contribution in [3.63, 3.8) is 0 Å². The molecule has 2 atom stereocenters. The van der Waals surface area contributed by atoms with Crippen LogP contribution in [-0.4, -0.2) is 4.21 Å². The molecule has 0 bridgehead atoms. The van der Waals surface area contributed by atoms with Crippen LogP contribution in [0, 0.1) is 25.2 Å². The minimum Gasteiger partial charge on any atom is -0.237 e. The van der Waals surface area contributed by atoms with Crippen LogP contribution in [0.15, 0.2) is 53.4 Å². The van der Waals surface area contributed by atoms with Crippen molar-refractivity contribution >= 4 is 11.0 Å². The standard InChI is InChI=1S/C17H18N2OS/c1-13-4-8-15(9-5-13)17(3,12-18)19-21(20)16-10-6-14(2)7-11-16/h4-11,19H,1-3H3/t17-,21-/m0/s1. The third-order valence-corrected chi connectivity index (χ3v) is 4.68. The highest BCUT2D eigenvalue weighted by Crippen LogP contribution is 2.22. The van der Waals surface area contributed by atoms with E-state index in [4.69, 9.17) is 0 Å². The van der Waals surface area contributed by atoms with Gasteiger partial charge in [-0.25, -0.2) is 8.93 Å². The Labute approximate surface area is 128 Å². The molecule has 0 aliphatic heterocycles. The van der Waals surface area contributed by atoms with Gasteiger partial charge in [-0.05, 0) is 38.5 Å². The van der Waals surface area contributed by atoms with Gasteiger partial charge in [0.15, 0.2) is 0 Å². The number of benzene rings is 2. The summed E-state index contributed by atoms with van der Waals surface area (Å²) >= 11 is 0. The lowest BCUT2D eigenvalue weighted by atomic mass is 9.94. The predicted octanol–water partition coefficient (Wildman–Crippen LogP) is 3.35. The number of rotatable bonds is 4. The van der Waals surface area contributed by atoms with Crippen LogP contribution in [0.3, 0.4) is 0 Å². The van der Waals surface area contributed by atoms with Crippen LogP contribution < -0.4 is 4.72 Å². The van der Waals surface area contributed by atoms with Gasteiger partial charge in [-0.1, -0.05) is 47.5 Å². The van der Waals surface area contributed by atoms with Gasteiger partial charge in [0.2, 0.25) is 0 Å². The molecule has 0 fully saturated rings. The van der Waals surface area contributed by atoms with Gasteiger partial charge in [0.05, 0.1) is 11.0 Å². The summed E-state index contributed by atoms with van der Waals surface area (Å²) in [5, 5.41) is 9.50. The Kier molecular flexibility index (Phi) is 4.56. The summed E-state index contributed by atoms with van der Waals surface area (Å²) < 4.78 is 15.3. The van der Waals surface area contributed by atoms with Gasteiger partial charge in [-0.3, -0.25) is 0 Å². The fourth-order valence-electron chi connectivity index (χ4n) is 1.94. The Bertz CT molecular complexity index is 686. The third-order valence-electron chi connectivity index (χ3n) is 3.38. The Morgan fingerprint density at radius 2 is 1.48 bits per heavy atom. The monoisotopic (exact) mass is 298 g/mol. The van der Waals surface area contributed by atoms with Crippen molar-refractivity contribution in [1.82, 2.24) is 4.72 Å². The van der Waals surface area contributed by atoms with E-state index in [0.29, 0.717) is 4.90 Å². The van der Waals surface area contributed by atoms with Crippen molar-refractivity contribution in [3.8, 4) is 6.07 Å². The van der Waals surface area contributed by atoms with Crippen LogP contribution in [0.4, 0.5) is 0 Å². The zero-order chi connectivity index (χ0) is 15.5. The van der Waals surface area contributed by atoms with Crippen LogP contribution >= 0.6 is 0 Å². The van der Waals surface area contributed by atoms with E-state index in [-0.39, 0.29) is 0 Å². The molecular formula is C17H18N2OS. The second kappa shape index (κ2) is 6.21. The zero-order valence-corrected chi connectivity index (χ0v) is 13.2. The predicted molar refractivity (Wildman–Crippen MR) is 84.9 cm³/mol. The van der Waals surface area contributed by atoms with E-state index in [1.807, 2.05) is 62.4 Å². The van der Waals surface area contributed by atoms with Crippen molar-refractivity contribution < 1.29 is 4.21 Å². The highest BCUT2D eigenvalue weighted by atomic mass is 32.2. The first kappa shape index (κ1) is 15.4. The molecule has 108 valence electrons. The van der Waals surface area contributed by atoms with E-state index in [2.05, 4.69) is 10.8 Å². The SMILES string of the molecule is Cc1ccc([S@](=O)N[C@@](C)(C#N)c2ccc(C)cc2)cc1. The Balaban J connectivity index is 2.26. The fourth-order valence-corrected chi connectivity index (χ4v) is 2.97. The molecule has 21 heavy (non-hydrogen) atoms. The van der Waals surface area contributed by atoms with Crippen LogP contribution in [-0.2, 0) is 16.5 Å². The maximum Gasteiger partial charge on any atom is 0.140 e. The first-order valence-electron chi connectivity index (χ1n) is 6.69. The minimum atomic E-state index is -1.44. The maximum atomic E-state index is 12.4. The molecule has 0 unspecified atom stereocenters. The molecule has 2 rings (SSSR count). The van der Waals surface area contributed by atoms with Crippen molar-refractivity contribution in [1.29, 1.82) is 5.26 Å².